The fourth-order valence-corrected chi connectivity index (χ4v) is 4.85. The van der Waals surface area contributed by atoms with Crippen LogP contribution in [0.5, 0.6) is 0 Å². The average molecular weight is 472 g/mol. The molecule has 9 heteroatoms. The summed E-state index contributed by atoms with van der Waals surface area (Å²) in [6, 6.07) is 10.7. The highest BCUT2D eigenvalue weighted by Crippen LogP contribution is 2.29. The van der Waals surface area contributed by atoms with Crippen molar-refractivity contribution in [2.24, 2.45) is 0 Å². The van der Waals surface area contributed by atoms with Crippen molar-refractivity contribution in [3.8, 4) is 0 Å². The average Bonchev–Trinajstić information content (AvgIpc) is 3.08. The number of pyridine rings is 2. The van der Waals surface area contributed by atoms with Gasteiger partial charge in [-0.05, 0) is 58.9 Å². The van der Waals surface area contributed by atoms with Gasteiger partial charge in [0.25, 0.3) is 10.0 Å². The number of fused-ring (bicyclic) bond motifs is 1. The number of anilines is 2. The summed E-state index contributed by atoms with van der Waals surface area (Å²) in [5, 5.41) is 7.23. The zero-order valence-electron chi connectivity index (χ0n) is 15.5. The van der Waals surface area contributed by atoms with Crippen LogP contribution in [-0.4, -0.2) is 29.4 Å². The molecule has 0 fully saturated rings. The molecule has 0 spiro atoms. The number of rotatable bonds is 6. The summed E-state index contributed by atoms with van der Waals surface area (Å²) in [4.78, 5) is 8.24. The third-order valence-electron chi connectivity index (χ3n) is 4.41. The van der Waals surface area contributed by atoms with Crippen LogP contribution in [0, 0.1) is 0 Å². The Balaban J connectivity index is 1.85. The Morgan fingerprint density at radius 1 is 1.07 bits per heavy atom. The van der Waals surface area contributed by atoms with Crippen LogP contribution in [0.15, 0.2) is 76.8 Å². The Bertz CT molecular complexity index is 1270. The standard InChI is InChI=1S/C20H18BrN5O2S/c1-22-9-14-13-26(29(27,28)18-3-2-6-23-12-18)20-8-16(4-5-19(14)20)25-17-7-15(21)10-24-11-17/h2-8,10-13,22,25H,9H2,1H3. The van der Waals surface area contributed by atoms with Gasteiger partial charge >= 0.3 is 0 Å². The second kappa shape index (κ2) is 7.94. The molecule has 0 radical (unpaired) electrons. The van der Waals surface area contributed by atoms with Gasteiger partial charge in [0.15, 0.2) is 0 Å². The molecule has 29 heavy (non-hydrogen) atoms. The van der Waals surface area contributed by atoms with Gasteiger partial charge in [0.1, 0.15) is 4.90 Å². The maximum Gasteiger partial charge on any atom is 0.269 e. The van der Waals surface area contributed by atoms with E-state index in [0.29, 0.717) is 12.1 Å². The summed E-state index contributed by atoms with van der Waals surface area (Å²) in [6.45, 7) is 0.550. The second-order valence-electron chi connectivity index (χ2n) is 6.42. The lowest BCUT2D eigenvalue weighted by molar-refractivity contribution is 0.588. The zero-order chi connectivity index (χ0) is 20.4. The van der Waals surface area contributed by atoms with E-state index in [1.807, 2.05) is 31.3 Å². The van der Waals surface area contributed by atoms with E-state index >= 15 is 0 Å². The van der Waals surface area contributed by atoms with E-state index < -0.39 is 10.0 Å². The molecule has 7 nitrogen and oxygen atoms in total. The first kappa shape index (κ1) is 19.6. The molecule has 0 bridgehead atoms. The molecule has 0 amide bonds. The Morgan fingerprint density at radius 2 is 1.93 bits per heavy atom. The monoisotopic (exact) mass is 471 g/mol. The van der Waals surface area contributed by atoms with Crippen molar-refractivity contribution in [2.75, 3.05) is 12.4 Å². The minimum Gasteiger partial charge on any atom is -0.354 e. The molecule has 1 aromatic carbocycles. The van der Waals surface area contributed by atoms with Gasteiger partial charge in [-0.2, -0.15) is 0 Å². The van der Waals surface area contributed by atoms with Gasteiger partial charge in [-0.15, -0.1) is 0 Å². The lowest BCUT2D eigenvalue weighted by Gasteiger charge is -2.10. The van der Waals surface area contributed by atoms with Crippen LogP contribution in [0.3, 0.4) is 0 Å². The first-order valence-corrected chi connectivity index (χ1v) is 11.0. The highest BCUT2D eigenvalue weighted by molar-refractivity contribution is 9.10. The second-order valence-corrected chi connectivity index (χ2v) is 9.15. The molecule has 0 aliphatic heterocycles. The van der Waals surface area contributed by atoms with Gasteiger partial charge < -0.3 is 10.6 Å². The van der Waals surface area contributed by atoms with Crippen molar-refractivity contribution in [3.05, 3.63) is 77.4 Å². The van der Waals surface area contributed by atoms with Crippen molar-refractivity contribution in [3.63, 3.8) is 0 Å². The Hall–Kier alpha value is -2.75. The third kappa shape index (κ3) is 3.89. The van der Waals surface area contributed by atoms with Crippen molar-refractivity contribution in [1.82, 2.24) is 19.3 Å². The molecule has 4 rings (SSSR count). The molecule has 148 valence electrons. The zero-order valence-corrected chi connectivity index (χ0v) is 17.9. The van der Waals surface area contributed by atoms with Gasteiger partial charge in [0, 0.05) is 46.9 Å². The highest BCUT2D eigenvalue weighted by Gasteiger charge is 2.21. The lowest BCUT2D eigenvalue weighted by Crippen LogP contribution is -2.12. The summed E-state index contributed by atoms with van der Waals surface area (Å²) < 4.78 is 28.7. The first-order chi connectivity index (χ1) is 14.0. The summed E-state index contributed by atoms with van der Waals surface area (Å²) in [5.74, 6) is 0. The fraction of sp³-hybridized carbons (Fsp3) is 0.100. The first-order valence-electron chi connectivity index (χ1n) is 8.81. The quantitative estimate of drug-likeness (QED) is 0.443. The van der Waals surface area contributed by atoms with E-state index in [0.717, 1.165) is 26.8 Å². The van der Waals surface area contributed by atoms with E-state index in [4.69, 9.17) is 0 Å². The SMILES string of the molecule is CNCc1cn(S(=O)(=O)c2cccnc2)c2cc(Nc3cncc(Br)c3)ccc12. The Kier molecular flexibility index (Phi) is 5.35. The van der Waals surface area contributed by atoms with E-state index in [9.17, 15) is 8.42 Å². The van der Waals surface area contributed by atoms with Gasteiger partial charge in [-0.3, -0.25) is 9.97 Å². The predicted molar refractivity (Wildman–Crippen MR) is 117 cm³/mol. The molecule has 3 aromatic heterocycles. The summed E-state index contributed by atoms with van der Waals surface area (Å²) in [6.07, 6.45) is 7.96. The number of nitrogens with zero attached hydrogens (tertiary/aromatic N) is 3. The number of benzene rings is 1. The maximum atomic E-state index is 13.2. The van der Waals surface area contributed by atoms with Crippen LogP contribution in [0.1, 0.15) is 5.56 Å². The molecule has 0 saturated carbocycles. The Labute approximate surface area is 177 Å². The molecule has 3 heterocycles. The third-order valence-corrected chi connectivity index (χ3v) is 6.50. The normalized spacial score (nSPS) is 11.7. The van der Waals surface area contributed by atoms with Crippen LogP contribution in [0.2, 0.25) is 0 Å². The fourth-order valence-electron chi connectivity index (χ4n) is 3.13. The maximum absolute atomic E-state index is 13.2. The van der Waals surface area contributed by atoms with Crippen LogP contribution < -0.4 is 10.6 Å². The number of aromatic nitrogens is 3. The van der Waals surface area contributed by atoms with E-state index in [2.05, 4.69) is 36.5 Å². The largest absolute Gasteiger partial charge is 0.354 e. The van der Waals surface area contributed by atoms with E-state index in [-0.39, 0.29) is 4.90 Å². The molecule has 0 atom stereocenters. The van der Waals surface area contributed by atoms with Crippen LogP contribution >= 0.6 is 15.9 Å². The van der Waals surface area contributed by atoms with Gasteiger partial charge in [0.05, 0.1) is 17.4 Å². The molecular weight excluding hydrogens is 454 g/mol. The predicted octanol–water partition coefficient (Wildman–Crippen LogP) is 3.89. The molecule has 0 aliphatic carbocycles. The minimum atomic E-state index is -3.78. The Morgan fingerprint density at radius 3 is 2.66 bits per heavy atom. The van der Waals surface area contributed by atoms with E-state index in [1.165, 1.54) is 10.2 Å². The van der Waals surface area contributed by atoms with Crippen LogP contribution in [0.25, 0.3) is 10.9 Å². The number of hydrogen-bond acceptors (Lipinski definition) is 6. The van der Waals surface area contributed by atoms with Crippen LogP contribution in [-0.2, 0) is 16.6 Å². The van der Waals surface area contributed by atoms with Gasteiger partial charge in [-0.25, -0.2) is 12.4 Å². The number of nitrogens with one attached hydrogen (secondary N) is 2. The van der Waals surface area contributed by atoms with Crippen molar-refractivity contribution >= 4 is 48.2 Å². The van der Waals surface area contributed by atoms with Gasteiger partial charge in [-0.1, -0.05) is 6.07 Å². The lowest BCUT2D eigenvalue weighted by atomic mass is 10.1. The molecule has 2 N–H and O–H groups in total. The molecule has 0 unspecified atom stereocenters. The minimum absolute atomic E-state index is 0.141. The number of halogens is 1. The van der Waals surface area contributed by atoms with Crippen LogP contribution in [0.4, 0.5) is 11.4 Å². The molecule has 4 aromatic rings. The topological polar surface area (TPSA) is 88.9 Å². The smallest absolute Gasteiger partial charge is 0.269 e. The van der Waals surface area contributed by atoms with Crippen molar-refractivity contribution in [2.45, 2.75) is 11.4 Å². The highest BCUT2D eigenvalue weighted by atomic mass is 79.9. The summed E-state index contributed by atoms with van der Waals surface area (Å²) in [7, 11) is -1.95. The summed E-state index contributed by atoms with van der Waals surface area (Å²) >= 11 is 3.40. The molecular formula is C20H18BrN5O2S. The molecule has 0 saturated heterocycles. The van der Waals surface area contributed by atoms with Crippen molar-refractivity contribution in [1.29, 1.82) is 0 Å². The summed E-state index contributed by atoms with van der Waals surface area (Å²) in [5.41, 5.74) is 3.04. The molecule has 0 aliphatic rings. The van der Waals surface area contributed by atoms with E-state index in [1.54, 1.807) is 36.9 Å². The van der Waals surface area contributed by atoms with Gasteiger partial charge in [0.2, 0.25) is 0 Å². The van der Waals surface area contributed by atoms with Crippen molar-refractivity contribution < 1.29 is 8.42 Å². The number of hydrogen-bond donors (Lipinski definition) is 2.